The van der Waals surface area contributed by atoms with Crippen LogP contribution >= 0.6 is 0 Å². The van der Waals surface area contributed by atoms with Crippen LogP contribution in [0.4, 0.5) is 0 Å². The van der Waals surface area contributed by atoms with Gasteiger partial charge in [-0.25, -0.2) is 0 Å². The van der Waals surface area contributed by atoms with Crippen molar-refractivity contribution in [3.8, 4) is 0 Å². The minimum Gasteiger partial charge on any atom is -0.480 e. The molecule has 1 unspecified atom stereocenters. The fourth-order valence-corrected chi connectivity index (χ4v) is 2.97. The van der Waals surface area contributed by atoms with Gasteiger partial charge in [-0.1, -0.05) is 6.07 Å². The molecule has 1 aliphatic heterocycles. The third-order valence-corrected chi connectivity index (χ3v) is 4.21. The predicted octanol–water partition coefficient (Wildman–Crippen LogP) is 2.34. The third kappa shape index (κ3) is 3.13. The smallest absolute Gasteiger partial charge is 0.324 e. The number of pyridine rings is 1. The highest BCUT2D eigenvalue weighted by atomic mass is 16.4. The van der Waals surface area contributed by atoms with Gasteiger partial charge in [0.1, 0.15) is 5.54 Å². The monoisotopic (exact) mass is 262 g/mol. The van der Waals surface area contributed by atoms with Crippen molar-refractivity contribution in [3.63, 3.8) is 0 Å². The van der Waals surface area contributed by atoms with Gasteiger partial charge in [-0.15, -0.1) is 0 Å². The van der Waals surface area contributed by atoms with Crippen LogP contribution < -0.4 is 0 Å². The zero-order valence-electron chi connectivity index (χ0n) is 11.5. The van der Waals surface area contributed by atoms with Crippen LogP contribution in [0, 0.1) is 0 Å². The number of aryl methyl sites for hydroxylation is 1. The molecule has 0 radical (unpaired) electrons. The second-order valence-electron chi connectivity index (χ2n) is 5.39. The molecule has 4 nitrogen and oxygen atoms in total. The molecule has 0 aliphatic carbocycles. The second-order valence-corrected chi connectivity index (χ2v) is 5.39. The Morgan fingerprint density at radius 2 is 2.32 bits per heavy atom. The van der Waals surface area contributed by atoms with E-state index in [0.29, 0.717) is 6.42 Å². The molecule has 0 bridgehead atoms. The SMILES string of the molecule is CN1CCCCC1(CCCc1ccccn1)C(=O)O. The summed E-state index contributed by atoms with van der Waals surface area (Å²) in [5, 5.41) is 9.60. The molecule has 0 amide bonds. The zero-order valence-corrected chi connectivity index (χ0v) is 11.5. The number of carboxylic acid groups (broad SMARTS) is 1. The van der Waals surface area contributed by atoms with Crippen molar-refractivity contribution in [2.24, 2.45) is 0 Å². The molecule has 2 heterocycles. The Labute approximate surface area is 114 Å². The minimum atomic E-state index is -0.671. The van der Waals surface area contributed by atoms with Gasteiger partial charge in [-0.3, -0.25) is 14.7 Å². The lowest BCUT2D eigenvalue weighted by Crippen LogP contribution is -2.55. The van der Waals surface area contributed by atoms with Gasteiger partial charge in [0.15, 0.2) is 0 Å². The number of nitrogens with zero attached hydrogens (tertiary/aromatic N) is 2. The number of carbonyl (C=O) groups is 1. The Bertz CT molecular complexity index is 421. The van der Waals surface area contributed by atoms with Crippen LogP contribution in [0.5, 0.6) is 0 Å². The molecular weight excluding hydrogens is 240 g/mol. The average Bonchev–Trinajstić information content (AvgIpc) is 2.42. The number of aliphatic carboxylic acids is 1. The molecular formula is C15H22N2O2. The standard InChI is InChI=1S/C15H22N2O2/c1-17-12-5-3-9-15(17,14(18)19)10-6-8-13-7-2-4-11-16-13/h2,4,7,11H,3,5-6,8-10,12H2,1H3,(H,18,19). The molecule has 1 saturated heterocycles. The van der Waals surface area contributed by atoms with Gasteiger partial charge >= 0.3 is 5.97 Å². The van der Waals surface area contributed by atoms with Crippen molar-refractivity contribution < 1.29 is 9.90 Å². The molecule has 104 valence electrons. The number of hydrogen-bond acceptors (Lipinski definition) is 3. The van der Waals surface area contributed by atoms with Crippen LogP contribution in [0.3, 0.4) is 0 Å². The summed E-state index contributed by atoms with van der Waals surface area (Å²) in [6.45, 7) is 0.885. The molecule has 0 aromatic carbocycles. The summed E-state index contributed by atoms with van der Waals surface area (Å²) in [6.07, 6.45) is 7.09. The van der Waals surface area contributed by atoms with Crippen molar-refractivity contribution in [3.05, 3.63) is 30.1 Å². The molecule has 2 rings (SSSR count). The number of likely N-dealkylation sites (N-methyl/N-ethyl adjacent to an activating group) is 1. The van der Waals surface area contributed by atoms with Gasteiger partial charge in [0, 0.05) is 11.9 Å². The van der Waals surface area contributed by atoms with Gasteiger partial charge in [0.25, 0.3) is 0 Å². The quantitative estimate of drug-likeness (QED) is 0.885. The lowest BCUT2D eigenvalue weighted by molar-refractivity contribution is -0.153. The first-order chi connectivity index (χ1) is 9.15. The van der Waals surface area contributed by atoms with E-state index in [-0.39, 0.29) is 0 Å². The minimum absolute atomic E-state index is 0.660. The lowest BCUT2D eigenvalue weighted by Gasteiger charge is -2.42. The van der Waals surface area contributed by atoms with Gasteiger partial charge in [0.05, 0.1) is 0 Å². The van der Waals surface area contributed by atoms with E-state index in [1.165, 1.54) is 0 Å². The fraction of sp³-hybridized carbons (Fsp3) is 0.600. The van der Waals surface area contributed by atoms with Gasteiger partial charge in [0.2, 0.25) is 0 Å². The first kappa shape index (κ1) is 14.0. The Morgan fingerprint density at radius 1 is 1.47 bits per heavy atom. The number of hydrogen-bond donors (Lipinski definition) is 1. The average molecular weight is 262 g/mol. The van der Waals surface area contributed by atoms with Crippen LogP contribution in [0.2, 0.25) is 0 Å². The molecule has 0 spiro atoms. The highest BCUT2D eigenvalue weighted by molar-refractivity contribution is 5.78. The van der Waals surface area contributed by atoms with Crippen LogP contribution in [0.15, 0.2) is 24.4 Å². The largest absolute Gasteiger partial charge is 0.480 e. The van der Waals surface area contributed by atoms with E-state index < -0.39 is 11.5 Å². The number of piperidine rings is 1. The fourth-order valence-electron chi connectivity index (χ4n) is 2.97. The summed E-state index contributed by atoms with van der Waals surface area (Å²) >= 11 is 0. The molecule has 19 heavy (non-hydrogen) atoms. The van der Waals surface area contributed by atoms with Crippen molar-refractivity contribution in [2.45, 2.75) is 44.1 Å². The highest BCUT2D eigenvalue weighted by Gasteiger charge is 2.43. The van der Waals surface area contributed by atoms with Gasteiger partial charge in [-0.2, -0.15) is 0 Å². The van der Waals surface area contributed by atoms with E-state index in [0.717, 1.165) is 44.3 Å². The summed E-state index contributed by atoms with van der Waals surface area (Å²) < 4.78 is 0. The van der Waals surface area contributed by atoms with Gasteiger partial charge < -0.3 is 5.11 Å². The number of rotatable bonds is 5. The van der Waals surface area contributed by atoms with E-state index in [9.17, 15) is 9.90 Å². The number of carboxylic acids is 1. The van der Waals surface area contributed by atoms with Crippen LogP contribution in [-0.2, 0) is 11.2 Å². The van der Waals surface area contributed by atoms with Crippen LogP contribution in [-0.4, -0.2) is 40.1 Å². The van der Waals surface area contributed by atoms with Crippen molar-refractivity contribution in [2.75, 3.05) is 13.6 Å². The molecule has 0 saturated carbocycles. The van der Waals surface area contributed by atoms with E-state index in [2.05, 4.69) is 4.98 Å². The zero-order chi connectivity index (χ0) is 13.7. The molecule has 1 aliphatic rings. The maximum atomic E-state index is 11.7. The van der Waals surface area contributed by atoms with E-state index >= 15 is 0 Å². The topological polar surface area (TPSA) is 53.4 Å². The first-order valence-electron chi connectivity index (χ1n) is 7.00. The number of likely N-dealkylation sites (tertiary alicyclic amines) is 1. The normalized spacial score (nSPS) is 24.3. The van der Waals surface area contributed by atoms with Crippen LogP contribution in [0.25, 0.3) is 0 Å². The van der Waals surface area contributed by atoms with E-state index in [1.807, 2.05) is 30.1 Å². The molecule has 1 aromatic rings. The van der Waals surface area contributed by atoms with Gasteiger partial charge in [-0.05, 0) is 64.3 Å². The van der Waals surface area contributed by atoms with Crippen molar-refractivity contribution in [1.82, 2.24) is 9.88 Å². The Hall–Kier alpha value is -1.42. The highest BCUT2D eigenvalue weighted by Crippen LogP contribution is 2.32. The van der Waals surface area contributed by atoms with E-state index in [1.54, 1.807) is 6.20 Å². The Kier molecular flexibility index (Phi) is 4.53. The van der Waals surface area contributed by atoms with Crippen molar-refractivity contribution >= 4 is 5.97 Å². The summed E-state index contributed by atoms with van der Waals surface area (Å²) in [5.41, 5.74) is 0.383. The Balaban J connectivity index is 1.96. The van der Waals surface area contributed by atoms with Crippen LogP contribution in [0.1, 0.15) is 37.8 Å². The molecule has 1 fully saturated rings. The molecule has 1 N–H and O–H groups in total. The molecule has 4 heteroatoms. The lowest BCUT2D eigenvalue weighted by atomic mass is 9.82. The molecule has 1 atom stereocenters. The van der Waals surface area contributed by atoms with Crippen molar-refractivity contribution in [1.29, 1.82) is 0 Å². The third-order valence-electron chi connectivity index (χ3n) is 4.21. The predicted molar refractivity (Wildman–Crippen MR) is 74.0 cm³/mol. The maximum Gasteiger partial charge on any atom is 0.324 e. The van der Waals surface area contributed by atoms with E-state index in [4.69, 9.17) is 0 Å². The maximum absolute atomic E-state index is 11.7. The summed E-state index contributed by atoms with van der Waals surface area (Å²) in [6, 6.07) is 5.87. The summed E-state index contributed by atoms with van der Waals surface area (Å²) in [7, 11) is 1.94. The second kappa shape index (κ2) is 6.15. The summed E-state index contributed by atoms with van der Waals surface area (Å²) in [4.78, 5) is 18.0. The first-order valence-corrected chi connectivity index (χ1v) is 7.00. The molecule has 1 aromatic heterocycles. The Morgan fingerprint density at radius 3 is 2.95 bits per heavy atom. The summed E-state index contributed by atoms with van der Waals surface area (Å²) in [5.74, 6) is -0.671. The number of aromatic nitrogens is 1.